The van der Waals surface area contributed by atoms with Crippen LogP contribution in [0.25, 0.3) is 11.3 Å². The molecule has 37 heavy (non-hydrogen) atoms. The summed E-state index contributed by atoms with van der Waals surface area (Å²) in [6, 6.07) is 22.5. The molecule has 0 aliphatic carbocycles. The predicted molar refractivity (Wildman–Crippen MR) is 145 cm³/mol. The molecule has 4 aromatic rings. The molecule has 3 aromatic carbocycles. The van der Waals surface area contributed by atoms with Gasteiger partial charge in [-0.05, 0) is 47.0 Å². The Hall–Kier alpha value is -3.62. The van der Waals surface area contributed by atoms with Gasteiger partial charge in [-0.3, -0.25) is 14.6 Å². The summed E-state index contributed by atoms with van der Waals surface area (Å²) in [5, 5.41) is 5.79. The Labute approximate surface area is 224 Å². The maximum absolute atomic E-state index is 13.4. The Kier molecular flexibility index (Phi) is 7.30. The summed E-state index contributed by atoms with van der Waals surface area (Å²) in [5.41, 5.74) is 2.97. The lowest BCUT2D eigenvalue weighted by Gasteiger charge is -2.32. The second kappa shape index (κ2) is 10.8. The Bertz CT molecular complexity index is 1510. The lowest BCUT2D eigenvalue weighted by atomic mass is 10.0. The van der Waals surface area contributed by atoms with E-state index < -0.39 is 6.17 Å². The quantitative estimate of drug-likeness (QED) is 0.255. The smallest absolute Gasteiger partial charge is 0.325 e. The molecule has 1 atom stereocenters. The van der Waals surface area contributed by atoms with Gasteiger partial charge in [0.1, 0.15) is 12.4 Å². The van der Waals surface area contributed by atoms with E-state index in [1.807, 2.05) is 54.6 Å². The number of halogens is 1. The first kappa shape index (κ1) is 25.0. The van der Waals surface area contributed by atoms with Crippen LogP contribution in [0.2, 0.25) is 5.02 Å². The summed E-state index contributed by atoms with van der Waals surface area (Å²) in [6.07, 6.45) is 0.142. The van der Waals surface area contributed by atoms with Gasteiger partial charge in [0.25, 0.3) is 6.17 Å². The average Bonchev–Trinajstić information content (AvgIpc) is 2.90. The highest BCUT2D eigenvalue weighted by atomic mass is 35.5. The number of nitrogens with zero attached hydrogens (tertiary/aromatic N) is 3. The summed E-state index contributed by atoms with van der Waals surface area (Å²) in [7, 11) is 0. The van der Waals surface area contributed by atoms with Crippen LogP contribution in [-0.2, 0) is 11.4 Å². The molecule has 0 bridgehead atoms. The van der Waals surface area contributed by atoms with Gasteiger partial charge in [0, 0.05) is 22.8 Å². The Morgan fingerprint density at radius 1 is 1.14 bits per heavy atom. The first-order valence-corrected chi connectivity index (χ1v) is 13.4. The van der Waals surface area contributed by atoms with Crippen LogP contribution < -0.4 is 19.9 Å². The third kappa shape index (κ3) is 4.99. The second-order valence-corrected chi connectivity index (χ2v) is 10.2. The Balaban J connectivity index is 1.72. The summed E-state index contributed by atoms with van der Waals surface area (Å²) in [6.45, 7) is 3.90. The fourth-order valence-electron chi connectivity index (χ4n) is 4.45. The third-order valence-corrected chi connectivity index (χ3v) is 7.33. The van der Waals surface area contributed by atoms with Crippen molar-refractivity contribution in [2.75, 3.05) is 10.7 Å². The highest BCUT2D eigenvalue weighted by molar-refractivity contribution is 7.99. The van der Waals surface area contributed by atoms with E-state index >= 15 is 0 Å². The topological polar surface area (TPSA) is 79.2 Å². The molecule has 0 radical (unpaired) electrons. The van der Waals surface area contributed by atoms with Gasteiger partial charge in [0.05, 0.1) is 16.8 Å². The van der Waals surface area contributed by atoms with Crippen LogP contribution in [-0.4, -0.2) is 21.7 Å². The normalized spacial score (nSPS) is 14.1. The number of aromatic nitrogens is 3. The van der Waals surface area contributed by atoms with Crippen molar-refractivity contribution >= 4 is 35.0 Å². The second-order valence-electron chi connectivity index (χ2n) is 8.64. The molecule has 0 saturated carbocycles. The SMILES string of the molecule is CCCSc1n[n+]2c(c(=O)[nH]1)-c1ccccc1N(C(C)=O)[C@H]2c1cc(Cl)ccc1OCc1ccccc1. The van der Waals surface area contributed by atoms with Gasteiger partial charge in [-0.15, -0.1) is 0 Å². The van der Waals surface area contributed by atoms with Crippen LogP contribution in [0.5, 0.6) is 5.75 Å². The number of H-pyrrole nitrogens is 1. The fourth-order valence-corrected chi connectivity index (χ4v) is 5.33. The number of thioether (sulfide) groups is 1. The molecule has 188 valence electrons. The van der Waals surface area contributed by atoms with Gasteiger partial charge in [0.15, 0.2) is 0 Å². The number of hydrogen-bond acceptors (Lipinski definition) is 5. The molecule has 9 heteroatoms. The molecule has 1 aliphatic heterocycles. The third-order valence-electron chi connectivity index (χ3n) is 6.03. The zero-order valence-electron chi connectivity index (χ0n) is 20.5. The van der Waals surface area contributed by atoms with Crippen molar-refractivity contribution < 1.29 is 14.2 Å². The number of para-hydroxylation sites is 1. The fraction of sp³-hybridized carbons (Fsp3) is 0.214. The molecule has 5 rings (SSSR count). The molecular weight excluding hydrogens is 508 g/mol. The molecule has 7 nitrogen and oxygen atoms in total. The lowest BCUT2D eigenvalue weighted by molar-refractivity contribution is -0.763. The highest BCUT2D eigenvalue weighted by Gasteiger charge is 2.46. The predicted octanol–water partition coefficient (Wildman–Crippen LogP) is 5.37. The van der Waals surface area contributed by atoms with E-state index in [4.69, 9.17) is 21.4 Å². The number of carbonyl (C=O) groups is 1. The summed E-state index contributed by atoms with van der Waals surface area (Å²) >= 11 is 7.94. The number of ether oxygens (including phenoxy) is 1. The van der Waals surface area contributed by atoms with E-state index in [9.17, 15) is 9.59 Å². The minimum absolute atomic E-state index is 0.200. The number of hydrogen-bond donors (Lipinski definition) is 1. The van der Waals surface area contributed by atoms with Crippen molar-refractivity contribution in [2.45, 2.75) is 38.2 Å². The number of benzene rings is 3. The molecule has 0 saturated heterocycles. The molecule has 1 aliphatic rings. The Morgan fingerprint density at radius 3 is 2.65 bits per heavy atom. The molecule has 2 heterocycles. The van der Waals surface area contributed by atoms with Crippen LogP contribution in [0.1, 0.15) is 37.6 Å². The van der Waals surface area contributed by atoms with Crippen LogP contribution in [0.3, 0.4) is 0 Å². The molecule has 0 unspecified atom stereocenters. The number of anilines is 1. The minimum atomic E-state index is -0.782. The standard InChI is InChI=1S/C28H25ClN4O3S/c1-3-15-37-28-30-26(35)25-21-11-7-8-12-23(21)32(18(2)34)27(33(25)31-28)22-16-20(29)13-14-24(22)36-17-19-9-5-4-6-10-19/h4-14,16,27H,3,15,17H2,1-2H3/p+1/t27-/m1/s1. The van der Waals surface area contributed by atoms with Crippen molar-refractivity contribution in [3.8, 4) is 17.0 Å². The van der Waals surface area contributed by atoms with E-state index in [1.165, 1.54) is 18.7 Å². The maximum atomic E-state index is 13.4. The van der Waals surface area contributed by atoms with Crippen molar-refractivity contribution in [1.29, 1.82) is 0 Å². The summed E-state index contributed by atoms with van der Waals surface area (Å²) in [4.78, 5) is 31.2. The van der Waals surface area contributed by atoms with Gasteiger partial charge in [-0.2, -0.15) is 0 Å². The maximum Gasteiger partial charge on any atom is 0.325 e. The van der Waals surface area contributed by atoms with Crippen molar-refractivity contribution in [3.05, 3.63) is 99.3 Å². The molecule has 0 fully saturated rings. The lowest BCUT2D eigenvalue weighted by Crippen LogP contribution is -2.60. The summed E-state index contributed by atoms with van der Waals surface area (Å²) in [5.74, 6) is 1.14. The van der Waals surface area contributed by atoms with Crippen molar-refractivity contribution in [2.24, 2.45) is 0 Å². The number of fused-ring (bicyclic) bond motifs is 3. The van der Waals surface area contributed by atoms with E-state index in [-0.39, 0.29) is 11.5 Å². The van der Waals surface area contributed by atoms with Gasteiger partial charge in [0.2, 0.25) is 11.1 Å². The van der Waals surface area contributed by atoms with E-state index in [0.29, 0.717) is 45.0 Å². The van der Waals surface area contributed by atoms with Crippen LogP contribution >= 0.6 is 23.4 Å². The monoisotopic (exact) mass is 533 g/mol. The first-order chi connectivity index (χ1) is 18.0. The number of rotatable bonds is 7. The molecule has 1 N–H and O–H groups in total. The number of aromatic amines is 1. The zero-order valence-corrected chi connectivity index (χ0v) is 22.1. The van der Waals surface area contributed by atoms with Crippen molar-refractivity contribution in [3.63, 3.8) is 0 Å². The molecular formula is C28H26ClN4O3S+. The minimum Gasteiger partial charge on any atom is -0.488 e. The van der Waals surface area contributed by atoms with E-state index in [2.05, 4.69) is 11.9 Å². The zero-order chi connectivity index (χ0) is 25.9. The van der Waals surface area contributed by atoms with E-state index in [1.54, 1.807) is 27.8 Å². The molecule has 1 aromatic heterocycles. The summed E-state index contributed by atoms with van der Waals surface area (Å²) < 4.78 is 7.89. The van der Waals surface area contributed by atoms with Crippen LogP contribution in [0.15, 0.2) is 82.7 Å². The largest absolute Gasteiger partial charge is 0.488 e. The van der Waals surface area contributed by atoms with Crippen LogP contribution in [0.4, 0.5) is 5.69 Å². The van der Waals surface area contributed by atoms with Gasteiger partial charge >= 0.3 is 11.3 Å². The first-order valence-electron chi connectivity index (χ1n) is 12.0. The molecule has 1 amide bonds. The van der Waals surface area contributed by atoms with Gasteiger partial charge in [-0.25, -0.2) is 4.90 Å². The average molecular weight is 534 g/mol. The Morgan fingerprint density at radius 2 is 1.89 bits per heavy atom. The van der Waals surface area contributed by atoms with Gasteiger partial charge < -0.3 is 4.74 Å². The number of carbonyl (C=O) groups excluding carboxylic acids is 1. The van der Waals surface area contributed by atoms with Crippen LogP contribution in [0, 0.1) is 0 Å². The number of amides is 1. The molecule has 0 spiro atoms. The highest BCUT2D eigenvalue weighted by Crippen LogP contribution is 2.40. The van der Waals surface area contributed by atoms with E-state index in [0.717, 1.165) is 17.7 Å². The van der Waals surface area contributed by atoms with Crippen molar-refractivity contribution in [1.82, 2.24) is 10.1 Å². The number of nitrogens with one attached hydrogen (secondary N) is 1. The van der Waals surface area contributed by atoms with Gasteiger partial charge in [-0.1, -0.05) is 72.8 Å².